The number of nitrogens with zero attached hydrogens (tertiary/aromatic N) is 4. The summed E-state index contributed by atoms with van der Waals surface area (Å²) in [6.45, 7) is 9.78. The van der Waals surface area contributed by atoms with Crippen LogP contribution in [-0.2, 0) is 30.5 Å². The highest BCUT2D eigenvalue weighted by Gasteiger charge is 2.44. The molecular weight excluding hydrogens is 492 g/mol. The third-order valence-electron chi connectivity index (χ3n) is 7.29. The second kappa shape index (κ2) is 9.70. The molecule has 1 aliphatic heterocycles. The minimum Gasteiger partial charge on any atom is -0.379 e. The molecule has 0 bridgehead atoms. The van der Waals surface area contributed by atoms with E-state index < -0.39 is 23.3 Å². The van der Waals surface area contributed by atoms with Crippen LogP contribution in [0.15, 0.2) is 55.1 Å². The van der Waals surface area contributed by atoms with Gasteiger partial charge in [0.05, 0.1) is 5.69 Å². The maximum absolute atomic E-state index is 15.0. The van der Waals surface area contributed by atoms with Crippen molar-refractivity contribution in [3.63, 3.8) is 0 Å². The van der Waals surface area contributed by atoms with E-state index >= 15 is 0 Å². The average Bonchev–Trinajstić information content (AvgIpc) is 3.52. The molecule has 4 aromatic rings. The number of nitrogens with one attached hydrogen (secondary N) is 1. The summed E-state index contributed by atoms with van der Waals surface area (Å²) in [5.74, 6) is -1.45. The van der Waals surface area contributed by atoms with Gasteiger partial charge in [-0.25, -0.2) is 13.8 Å². The Hall–Kier alpha value is -3.01. The molecule has 0 unspecified atom stereocenters. The monoisotopic (exact) mass is 524 g/mol. The van der Waals surface area contributed by atoms with Crippen LogP contribution in [0.3, 0.4) is 0 Å². The van der Waals surface area contributed by atoms with Crippen LogP contribution in [0.1, 0.15) is 49.4 Å². The number of aliphatic hydroxyl groups is 1. The molecule has 1 aliphatic rings. The van der Waals surface area contributed by atoms with Gasteiger partial charge in [-0.1, -0.05) is 45.0 Å². The van der Waals surface area contributed by atoms with Gasteiger partial charge < -0.3 is 5.11 Å². The van der Waals surface area contributed by atoms with Gasteiger partial charge in [-0.3, -0.25) is 4.90 Å². The van der Waals surface area contributed by atoms with Crippen molar-refractivity contribution in [1.82, 2.24) is 20.0 Å². The van der Waals surface area contributed by atoms with Gasteiger partial charge in [0.1, 0.15) is 28.8 Å². The molecule has 2 atom stereocenters. The lowest BCUT2D eigenvalue weighted by Crippen LogP contribution is -2.58. The average molecular weight is 525 g/mol. The third-order valence-corrected chi connectivity index (χ3v) is 8.42. The Labute approximate surface area is 219 Å². The largest absolute Gasteiger partial charge is 0.379 e. The minimum absolute atomic E-state index is 0.0353. The SMILES string of the molecule is C[C@@H](N1CCc2nc(-c3cccc(C(C)(C)C)c3)sc2C1)[C@](O)(C[n+]1cnc[nH]1)c1ccc(F)cc1F. The molecule has 2 aromatic heterocycles. The molecule has 0 saturated carbocycles. The zero-order valence-corrected chi connectivity index (χ0v) is 22.3. The van der Waals surface area contributed by atoms with E-state index in [1.807, 2.05) is 6.92 Å². The number of aromatic amines is 1. The number of benzene rings is 2. The maximum Gasteiger partial charge on any atom is 0.306 e. The fourth-order valence-electron chi connectivity index (χ4n) is 4.97. The summed E-state index contributed by atoms with van der Waals surface area (Å²) in [5, 5.41) is 15.9. The molecule has 0 radical (unpaired) electrons. The third kappa shape index (κ3) is 5.08. The van der Waals surface area contributed by atoms with Gasteiger partial charge in [-0.15, -0.1) is 11.3 Å². The number of rotatable bonds is 6. The maximum atomic E-state index is 15.0. The lowest BCUT2D eigenvalue weighted by Gasteiger charge is -2.41. The summed E-state index contributed by atoms with van der Waals surface area (Å²) in [6, 6.07) is 11.4. The molecule has 2 aromatic carbocycles. The van der Waals surface area contributed by atoms with Crippen LogP contribution < -0.4 is 4.68 Å². The van der Waals surface area contributed by atoms with E-state index in [1.54, 1.807) is 16.0 Å². The van der Waals surface area contributed by atoms with Crippen LogP contribution in [0.5, 0.6) is 0 Å². The molecule has 3 heterocycles. The topological polar surface area (TPSA) is 68.9 Å². The molecule has 0 spiro atoms. The molecule has 37 heavy (non-hydrogen) atoms. The van der Waals surface area contributed by atoms with Gasteiger partial charge in [0.25, 0.3) is 0 Å². The number of fused-ring (bicyclic) bond motifs is 1. The first-order valence-electron chi connectivity index (χ1n) is 12.4. The number of hydrogen-bond acceptors (Lipinski definition) is 5. The Balaban J connectivity index is 1.45. The van der Waals surface area contributed by atoms with Crippen molar-refractivity contribution in [2.75, 3.05) is 6.54 Å². The number of hydrogen-bond donors (Lipinski definition) is 2. The highest BCUT2D eigenvalue weighted by atomic mass is 32.1. The first-order valence-corrected chi connectivity index (χ1v) is 13.3. The van der Waals surface area contributed by atoms with Crippen molar-refractivity contribution in [2.45, 2.75) is 64.3 Å². The highest BCUT2D eigenvalue weighted by molar-refractivity contribution is 7.15. The van der Waals surface area contributed by atoms with Crippen molar-refractivity contribution in [2.24, 2.45) is 0 Å². The van der Waals surface area contributed by atoms with Crippen LogP contribution in [-0.4, -0.2) is 37.7 Å². The first kappa shape index (κ1) is 25.6. The quantitative estimate of drug-likeness (QED) is 0.358. The van der Waals surface area contributed by atoms with Crippen molar-refractivity contribution in [3.8, 4) is 10.6 Å². The Morgan fingerprint density at radius 3 is 2.70 bits per heavy atom. The highest BCUT2D eigenvalue weighted by Crippen LogP contribution is 2.37. The second-order valence-corrected chi connectivity index (χ2v) is 11.9. The van der Waals surface area contributed by atoms with E-state index in [-0.39, 0.29) is 17.5 Å². The molecule has 9 heteroatoms. The minimum atomic E-state index is -1.64. The molecule has 5 rings (SSSR count). The van der Waals surface area contributed by atoms with Gasteiger partial charge >= 0.3 is 6.33 Å². The number of halogens is 2. The Morgan fingerprint density at radius 1 is 1.19 bits per heavy atom. The van der Waals surface area contributed by atoms with Crippen molar-refractivity contribution >= 4 is 11.3 Å². The smallest absolute Gasteiger partial charge is 0.306 e. The predicted molar refractivity (Wildman–Crippen MR) is 139 cm³/mol. The second-order valence-electron chi connectivity index (χ2n) is 10.8. The normalized spacial score (nSPS) is 16.8. The van der Waals surface area contributed by atoms with Gasteiger partial charge in [0.2, 0.25) is 6.33 Å². The van der Waals surface area contributed by atoms with Crippen LogP contribution in [0, 0.1) is 11.6 Å². The number of H-pyrrole nitrogens is 1. The molecule has 2 N–H and O–H groups in total. The zero-order valence-electron chi connectivity index (χ0n) is 21.5. The molecule has 0 aliphatic carbocycles. The predicted octanol–water partition coefficient (Wildman–Crippen LogP) is 4.73. The Kier molecular flexibility index (Phi) is 6.72. The first-order chi connectivity index (χ1) is 17.5. The van der Waals surface area contributed by atoms with Crippen molar-refractivity contribution in [1.29, 1.82) is 0 Å². The van der Waals surface area contributed by atoms with E-state index in [9.17, 15) is 13.9 Å². The summed E-state index contributed by atoms with van der Waals surface area (Å²) < 4.78 is 30.3. The van der Waals surface area contributed by atoms with Crippen molar-refractivity contribution in [3.05, 3.63) is 88.5 Å². The van der Waals surface area contributed by atoms with E-state index in [4.69, 9.17) is 4.98 Å². The summed E-state index contributed by atoms with van der Waals surface area (Å²) >= 11 is 1.67. The summed E-state index contributed by atoms with van der Waals surface area (Å²) in [4.78, 5) is 12.3. The van der Waals surface area contributed by atoms with Gasteiger partial charge in [0, 0.05) is 47.6 Å². The van der Waals surface area contributed by atoms with Crippen LogP contribution in [0.4, 0.5) is 8.78 Å². The van der Waals surface area contributed by atoms with Crippen LogP contribution in [0.25, 0.3) is 10.6 Å². The molecule has 0 fully saturated rings. The number of thiazole rings is 1. The Morgan fingerprint density at radius 2 is 2.00 bits per heavy atom. The Bertz CT molecular complexity index is 1400. The van der Waals surface area contributed by atoms with E-state index in [0.717, 1.165) is 33.6 Å². The van der Waals surface area contributed by atoms with Crippen LogP contribution >= 0.6 is 11.3 Å². The van der Waals surface area contributed by atoms with E-state index in [2.05, 4.69) is 60.0 Å². The standard InChI is InChI=1S/C28H31F2N5OS/c1-18(28(36,15-35-17-31-16-32-35)22-9-8-21(29)13-23(22)30)34-11-10-24-25(14-34)37-26(33-24)19-6-5-7-20(12-19)27(2,3)4/h5-9,12-13,16-18,36H,10-11,14-15H2,1-4H3/p+1/t18-,28-/m1/s1. The lowest BCUT2D eigenvalue weighted by atomic mass is 9.85. The fourth-order valence-corrected chi connectivity index (χ4v) is 6.10. The number of aromatic nitrogens is 4. The molecule has 6 nitrogen and oxygen atoms in total. The lowest BCUT2D eigenvalue weighted by molar-refractivity contribution is -0.765. The van der Waals surface area contributed by atoms with E-state index in [1.165, 1.54) is 30.4 Å². The molecule has 0 saturated heterocycles. The molecule has 194 valence electrons. The summed E-state index contributed by atoms with van der Waals surface area (Å²) in [5.41, 5.74) is 1.90. The summed E-state index contributed by atoms with van der Waals surface area (Å²) in [6.07, 6.45) is 3.76. The van der Waals surface area contributed by atoms with Gasteiger partial charge in [-0.05, 0) is 35.0 Å². The molecular formula is C28H32F2N5OS+. The van der Waals surface area contributed by atoms with Crippen LogP contribution in [0.2, 0.25) is 0 Å². The van der Waals surface area contributed by atoms with Gasteiger partial charge in [0.15, 0.2) is 0 Å². The summed E-state index contributed by atoms with van der Waals surface area (Å²) in [7, 11) is 0. The van der Waals surface area contributed by atoms with Crippen molar-refractivity contribution < 1.29 is 18.6 Å². The van der Waals surface area contributed by atoms with E-state index in [0.29, 0.717) is 13.1 Å². The van der Waals surface area contributed by atoms with Gasteiger partial charge in [-0.2, -0.15) is 9.78 Å². The fraction of sp³-hybridized carbons (Fsp3) is 0.393. The zero-order chi connectivity index (χ0) is 26.4. The molecule has 0 amide bonds.